The van der Waals surface area contributed by atoms with Gasteiger partial charge in [-0.1, -0.05) is 36.4 Å². The Kier molecular flexibility index (Phi) is 3.38. The van der Waals surface area contributed by atoms with Gasteiger partial charge in [0.25, 0.3) is 0 Å². The van der Waals surface area contributed by atoms with Crippen LogP contribution in [0.25, 0.3) is 16.7 Å². The Morgan fingerprint density at radius 3 is 2.41 bits per heavy atom. The molecule has 0 amide bonds. The number of hydrogen-bond acceptors (Lipinski definition) is 1. The van der Waals surface area contributed by atoms with Gasteiger partial charge in [0.1, 0.15) is 0 Å². The smallest absolute Gasteiger partial charge is 0.0685 e. The molecule has 0 radical (unpaired) electrons. The molecule has 17 heavy (non-hydrogen) atoms. The van der Waals surface area contributed by atoms with Crippen LogP contribution in [0.4, 0.5) is 0 Å². The molecule has 2 rings (SSSR count). The van der Waals surface area contributed by atoms with Crippen LogP contribution in [-0.4, -0.2) is 4.98 Å². The fourth-order valence-corrected chi connectivity index (χ4v) is 1.91. The SMILES string of the molecule is C/C=C(/C)c1ncc(-c2ccccc2)cc1C. The van der Waals surface area contributed by atoms with E-state index in [9.17, 15) is 0 Å². The number of rotatable bonds is 2. The first-order chi connectivity index (χ1) is 8.22. The van der Waals surface area contributed by atoms with Crippen molar-refractivity contribution in [2.24, 2.45) is 0 Å². The summed E-state index contributed by atoms with van der Waals surface area (Å²) >= 11 is 0. The van der Waals surface area contributed by atoms with Crippen molar-refractivity contribution in [2.45, 2.75) is 20.8 Å². The predicted octanol–water partition coefficient (Wildman–Crippen LogP) is 4.48. The van der Waals surface area contributed by atoms with Crippen molar-refractivity contribution in [3.8, 4) is 11.1 Å². The van der Waals surface area contributed by atoms with E-state index in [1.807, 2.05) is 19.2 Å². The molecule has 0 aliphatic rings. The highest BCUT2D eigenvalue weighted by molar-refractivity contribution is 5.68. The molecular weight excluding hydrogens is 206 g/mol. The second kappa shape index (κ2) is 4.96. The van der Waals surface area contributed by atoms with Crippen molar-refractivity contribution < 1.29 is 0 Å². The van der Waals surface area contributed by atoms with Crippen molar-refractivity contribution in [1.82, 2.24) is 4.98 Å². The van der Waals surface area contributed by atoms with Gasteiger partial charge in [-0.3, -0.25) is 4.98 Å². The quantitative estimate of drug-likeness (QED) is 0.731. The van der Waals surface area contributed by atoms with E-state index in [1.165, 1.54) is 22.3 Å². The van der Waals surface area contributed by atoms with Gasteiger partial charge in [-0.15, -0.1) is 0 Å². The van der Waals surface area contributed by atoms with Gasteiger partial charge >= 0.3 is 0 Å². The second-order valence-corrected chi connectivity index (χ2v) is 4.23. The van der Waals surface area contributed by atoms with E-state index in [-0.39, 0.29) is 0 Å². The lowest BCUT2D eigenvalue weighted by atomic mass is 10.0. The Hall–Kier alpha value is -1.89. The average molecular weight is 223 g/mol. The van der Waals surface area contributed by atoms with Crippen LogP contribution in [0.3, 0.4) is 0 Å². The van der Waals surface area contributed by atoms with Gasteiger partial charge in [0, 0.05) is 11.8 Å². The molecule has 0 aliphatic carbocycles. The molecule has 2 aromatic rings. The van der Waals surface area contributed by atoms with E-state index in [0.29, 0.717) is 0 Å². The van der Waals surface area contributed by atoms with Crippen molar-refractivity contribution >= 4 is 5.57 Å². The molecule has 86 valence electrons. The summed E-state index contributed by atoms with van der Waals surface area (Å²) in [6.07, 6.45) is 4.04. The minimum Gasteiger partial charge on any atom is -0.256 e. The average Bonchev–Trinajstić information content (AvgIpc) is 2.39. The van der Waals surface area contributed by atoms with E-state index in [2.05, 4.69) is 55.2 Å². The third kappa shape index (κ3) is 2.44. The van der Waals surface area contributed by atoms with Gasteiger partial charge < -0.3 is 0 Å². The summed E-state index contributed by atoms with van der Waals surface area (Å²) in [6, 6.07) is 12.6. The summed E-state index contributed by atoms with van der Waals surface area (Å²) in [4.78, 5) is 4.56. The van der Waals surface area contributed by atoms with Crippen LogP contribution < -0.4 is 0 Å². The topological polar surface area (TPSA) is 12.9 Å². The number of hydrogen-bond donors (Lipinski definition) is 0. The molecular formula is C16H17N. The first-order valence-electron chi connectivity index (χ1n) is 5.87. The minimum absolute atomic E-state index is 1.09. The molecule has 0 atom stereocenters. The van der Waals surface area contributed by atoms with Crippen LogP contribution in [0.2, 0.25) is 0 Å². The predicted molar refractivity (Wildman–Crippen MR) is 73.7 cm³/mol. The zero-order valence-electron chi connectivity index (χ0n) is 10.6. The standard InChI is InChI=1S/C16H17N/c1-4-12(2)16-13(3)10-15(11-17-16)14-8-6-5-7-9-14/h4-11H,1-3H3/b12-4-. The summed E-state index contributed by atoms with van der Waals surface area (Å²) in [5, 5.41) is 0. The Bertz CT molecular complexity index is 539. The third-order valence-corrected chi connectivity index (χ3v) is 2.99. The fraction of sp³-hybridized carbons (Fsp3) is 0.188. The molecule has 1 aromatic heterocycles. The first-order valence-corrected chi connectivity index (χ1v) is 5.87. The summed E-state index contributed by atoms with van der Waals surface area (Å²) in [5.74, 6) is 0. The zero-order chi connectivity index (χ0) is 12.3. The fourth-order valence-electron chi connectivity index (χ4n) is 1.91. The first kappa shape index (κ1) is 11.6. The van der Waals surface area contributed by atoms with Crippen molar-refractivity contribution in [3.63, 3.8) is 0 Å². The van der Waals surface area contributed by atoms with Crippen LogP contribution in [0.15, 0.2) is 48.7 Å². The van der Waals surface area contributed by atoms with Gasteiger partial charge in [-0.05, 0) is 43.5 Å². The lowest BCUT2D eigenvalue weighted by Crippen LogP contribution is -1.92. The summed E-state index contributed by atoms with van der Waals surface area (Å²) in [5.41, 5.74) is 5.93. The molecule has 0 saturated heterocycles. The normalized spacial score (nSPS) is 11.6. The third-order valence-electron chi connectivity index (χ3n) is 2.99. The van der Waals surface area contributed by atoms with E-state index in [4.69, 9.17) is 0 Å². The van der Waals surface area contributed by atoms with E-state index in [1.54, 1.807) is 0 Å². The molecule has 0 bridgehead atoms. The number of pyridine rings is 1. The van der Waals surface area contributed by atoms with Crippen LogP contribution in [0.5, 0.6) is 0 Å². The van der Waals surface area contributed by atoms with E-state index < -0.39 is 0 Å². The second-order valence-electron chi connectivity index (χ2n) is 4.23. The number of aryl methyl sites for hydroxylation is 1. The molecule has 1 nitrogen and oxygen atoms in total. The zero-order valence-corrected chi connectivity index (χ0v) is 10.6. The van der Waals surface area contributed by atoms with Crippen LogP contribution >= 0.6 is 0 Å². The summed E-state index contributed by atoms with van der Waals surface area (Å²) < 4.78 is 0. The van der Waals surface area contributed by atoms with Crippen molar-refractivity contribution in [3.05, 3.63) is 59.9 Å². The van der Waals surface area contributed by atoms with E-state index in [0.717, 1.165) is 5.69 Å². The van der Waals surface area contributed by atoms with Gasteiger partial charge in [0.05, 0.1) is 5.69 Å². The Balaban J connectivity index is 2.45. The number of nitrogens with zero attached hydrogens (tertiary/aromatic N) is 1. The molecule has 0 N–H and O–H groups in total. The van der Waals surface area contributed by atoms with Gasteiger partial charge in [-0.2, -0.15) is 0 Å². The lowest BCUT2D eigenvalue weighted by molar-refractivity contribution is 1.21. The summed E-state index contributed by atoms with van der Waals surface area (Å²) in [6.45, 7) is 6.25. The van der Waals surface area contributed by atoms with Gasteiger partial charge in [0.15, 0.2) is 0 Å². The number of aromatic nitrogens is 1. The minimum atomic E-state index is 1.09. The monoisotopic (exact) mass is 223 g/mol. The van der Waals surface area contributed by atoms with Crippen LogP contribution in [0.1, 0.15) is 25.1 Å². The molecule has 0 aliphatic heterocycles. The summed E-state index contributed by atoms with van der Waals surface area (Å²) in [7, 11) is 0. The highest BCUT2D eigenvalue weighted by Crippen LogP contribution is 2.23. The molecule has 0 unspecified atom stereocenters. The van der Waals surface area contributed by atoms with Crippen molar-refractivity contribution in [1.29, 1.82) is 0 Å². The highest BCUT2D eigenvalue weighted by atomic mass is 14.7. The molecule has 0 saturated carbocycles. The Morgan fingerprint density at radius 1 is 1.12 bits per heavy atom. The Morgan fingerprint density at radius 2 is 1.82 bits per heavy atom. The van der Waals surface area contributed by atoms with Crippen LogP contribution in [0, 0.1) is 6.92 Å². The lowest BCUT2D eigenvalue weighted by Gasteiger charge is -2.08. The molecule has 1 aromatic carbocycles. The van der Waals surface area contributed by atoms with Crippen LogP contribution in [-0.2, 0) is 0 Å². The maximum Gasteiger partial charge on any atom is 0.0685 e. The molecule has 1 heterocycles. The largest absolute Gasteiger partial charge is 0.256 e. The number of allylic oxidation sites excluding steroid dienone is 2. The van der Waals surface area contributed by atoms with Crippen molar-refractivity contribution in [2.75, 3.05) is 0 Å². The molecule has 0 fully saturated rings. The van der Waals surface area contributed by atoms with Gasteiger partial charge in [-0.25, -0.2) is 0 Å². The van der Waals surface area contributed by atoms with E-state index >= 15 is 0 Å². The maximum absolute atomic E-state index is 4.56. The number of benzene rings is 1. The molecule has 1 heteroatoms. The maximum atomic E-state index is 4.56. The highest BCUT2D eigenvalue weighted by Gasteiger charge is 2.04. The molecule has 0 spiro atoms. The Labute approximate surface area is 103 Å². The van der Waals surface area contributed by atoms with Gasteiger partial charge in [0.2, 0.25) is 0 Å².